The SMILES string of the molecule is C=C/C=C(\C)CN(C)CC. The van der Waals surface area contributed by atoms with E-state index in [1.807, 2.05) is 12.2 Å². The van der Waals surface area contributed by atoms with Crippen molar-refractivity contribution in [2.75, 3.05) is 20.1 Å². The topological polar surface area (TPSA) is 3.24 Å². The maximum Gasteiger partial charge on any atom is 0.0190 e. The molecule has 0 fully saturated rings. The van der Waals surface area contributed by atoms with Crippen LogP contribution in [0.4, 0.5) is 0 Å². The summed E-state index contributed by atoms with van der Waals surface area (Å²) in [6.45, 7) is 10.1. The van der Waals surface area contributed by atoms with Gasteiger partial charge in [0.15, 0.2) is 0 Å². The van der Waals surface area contributed by atoms with Gasteiger partial charge in [-0.15, -0.1) is 0 Å². The molecule has 1 heteroatoms. The van der Waals surface area contributed by atoms with E-state index < -0.39 is 0 Å². The molecular formula is C9H17N. The standard InChI is InChI=1S/C9H17N/c1-5-7-9(3)8-10(4)6-2/h5,7H,1,6,8H2,2-4H3/b9-7+. The number of hydrogen-bond donors (Lipinski definition) is 0. The van der Waals surface area contributed by atoms with E-state index in [1.165, 1.54) is 5.57 Å². The molecule has 0 aliphatic heterocycles. The maximum absolute atomic E-state index is 3.64. The molecule has 0 unspecified atom stereocenters. The number of likely N-dealkylation sites (N-methyl/N-ethyl adjacent to an activating group) is 1. The molecule has 0 radical (unpaired) electrons. The van der Waals surface area contributed by atoms with E-state index in [0.717, 1.165) is 13.1 Å². The summed E-state index contributed by atoms with van der Waals surface area (Å²) in [6, 6.07) is 0. The number of allylic oxidation sites excluding steroid dienone is 2. The monoisotopic (exact) mass is 139 g/mol. The van der Waals surface area contributed by atoms with E-state index in [2.05, 4.69) is 32.4 Å². The van der Waals surface area contributed by atoms with Crippen LogP contribution in [0.15, 0.2) is 24.3 Å². The van der Waals surface area contributed by atoms with E-state index in [1.54, 1.807) is 0 Å². The molecule has 0 rings (SSSR count). The highest BCUT2D eigenvalue weighted by molar-refractivity contribution is 5.08. The lowest BCUT2D eigenvalue weighted by molar-refractivity contribution is 0.383. The number of rotatable bonds is 4. The fraction of sp³-hybridized carbons (Fsp3) is 0.556. The largest absolute Gasteiger partial charge is 0.303 e. The number of hydrogen-bond acceptors (Lipinski definition) is 1. The van der Waals surface area contributed by atoms with E-state index >= 15 is 0 Å². The molecule has 0 heterocycles. The predicted molar refractivity (Wildman–Crippen MR) is 47.1 cm³/mol. The zero-order valence-electron chi connectivity index (χ0n) is 7.22. The third kappa shape index (κ3) is 4.33. The normalized spacial score (nSPS) is 12.2. The van der Waals surface area contributed by atoms with Crippen molar-refractivity contribution in [2.24, 2.45) is 0 Å². The zero-order chi connectivity index (χ0) is 7.98. The smallest absolute Gasteiger partial charge is 0.0190 e. The molecule has 0 saturated heterocycles. The molecule has 0 aromatic rings. The highest BCUT2D eigenvalue weighted by Crippen LogP contribution is 1.94. The Labute approximate surface area is 64.0 Å². The first-order valence-electron chi connectivity index (χ1n) is 3.67. The van der Waals surface area contributed by atoms with Gasteiger partial charge in [-0.2, -0.15) is 0 Å². The van der Waals surface area contributed by atoms with Crippen LogP contribution >= 0.6 is 0 Å². The summed E-state index contributed by atoms with van der Waals surface area (Å²) in [5, 5.41) is 0. The van der Waals surface area contributed by atoms with Gasteiger partial charge >= 0.3 is 0 Å². The van der Waals surface area contributed by atoms with Crippen molar-refractivity contribution in [3.05, 3.63) is 24.3 Å². The molecule has 0 aromatic heterocycles. The lowest BCUT2D eigenvalue weighted by Gasteiger charge is -2.13. The minimum Gasteiger partial charge on any atom is -0.303 e. The molecular weight excluding hydrogens is 122 g/mol. The van der Waals surface area contributed by atoms with Crippen LogP contribution in [0.2, 0.25) is 0 Å². The summed E-state index contributed by atoms with van der Waals surface area (Å²) in [4.78, 5) is 2.26. The molecule has 0 aliphatic rings. The summed E-state index contributed by atoms with van der Waals surface area (Å²) in [6.07, 6.45) is 3.88. The van der Waals surface area contributed by atoms with Crippen molar-refractivity contribution < 1.29 is 0 Å². The third-order valence-electron chi connectivity index (χ3n) is 1.46. The van der Waals surface area contributed by atoms with E-state index in [4.69, 9.17) is 0 Å². The molecule has 1 nitrogen and oxygen atoms in total. The molecule has 0 N–H and O–H groups in total. The molecule has 10 heavy (non-hydrogen) atoms. The second-order valence-corrected chi connectivity index (χ2v) is 2.58. The van der Waals surface area contributed by atoms with Crippen LogP contribution in [-0.2, 0) is 0 Å². The average molecular weight is 139 g/mol. The van der Waals surface area contributed by atoms with Gasteiger partial charge in [-0.1, -0.05) is 31.2 Å². The summed E-state index contributed by atoms with van der Waals surface area (Å²) >= 11 is 0. The second-order valence-electron chi connectivity index (χ2n) is 2.58. The van der Waals surface area contributed by atoms with Gasteiger partial charge in [-0.05, 0) is 20.5 Å². The highest BCUT2D eigenvalue weighted by atomic mass is 15.1. The van der Waals surface area contributed by atoms with Crippen LogP contribution in [0, 0.1) is 0 Å². The molecule has 0 amide bonds. The van der Waals surface area contributed by atoms with Crippen molar-refractivity contribution in [1.82, 2.24) is 4.90 Å². The fourth-order valence-electron chi connectivity index (χ4n) is 0.791. The molecule has 0 bridgehead atoms. The van der Waals surface area contributed by atoms with Gasteiger partial charge in [-0.3, -0.25) is 0 Å². The lowest BCUT2D eigenvalue weighted by atomic mass is 10.2. The molecule has 0 aromatic carbocycles. The molecule has 0 aliphatic carbocycles. The van der Waals surface area contributed by atoms with Gasteiger partial charge < -0.3 is 4.90 Å². The van der Waals surface area contributed by atoms with Gasteiger partial charge in [0.2, 0.25) is 0 Å². The van der Waals surface area contributed by atoms with Crippen molar-refractivity contribution in [3.63, 3.8) is 0 Å². The lowest BCUT2D eigenvalue weighted by Crippen LogP contribution is -2.19. The molecule has 0 atom stereocenters. The van der Waals surface area contributed by atoms with Crippen molar-refractivity contribution >= 4 is 0 Å². The third-order valence-corrected chi connectivity index (χ3v) is 1.46. The number of nitrogens with zero attached hydrogens (tertiary/aromatic N) is 1. The van der Waals surface area contributed by atoms with Gasteiger partial charge in [0.05, 0.1) is 0 Å². The first kappa shape index (κ1) is 9.44. The Morgan fingerprint density at radius 3 is 2.60 bits per heavy atom. The Morgan fingerprint density at radius 2 is 2.20 bits per heavy atom. The second kappa shape index (κ2) is 5.24. The highest BCUT2D eigenvalue weighted by Gasteiger charge is 1.92. The summed E-state index contributed by atoms with van der Waals surface area (Å²) in [7, 11) is 2.11. The van der Waals surface area contributed by atoms with Gasteiger partial charge in [-0.25, -0.2) is 0 Å². The van der Waals surface area contributed by atoms with Crippen LogP contribution in [0.1, 0.15) is 13.8 Å². The van der Waals surface area contributed by atoms with Crippen LogP contribution in [0.5, 0.6) is 0 Å². The zero-order valence-corrected chi connectivity index (χ0v) is 7.22. The molecule has 58 valence electrons. The Morgan fingerprint density at radius 1 is 1.60 bits per heavy atom. The Bertz CT molecular complexity index is 125. The summed E-state index contributed by atoms with van der Waals surface area (Å²) < 4.78 is 0. The van der Waals surface area contributed by atoms with E-state index in [9.17, 15) is 0 Å². The van der Waals surface area contributed by atoms with Gasteiger partial charge in [0.25, 0.3) is 0 Å². The van der Waals surface area contributed by atoms with Gasteiger partial charge in [0.1, 0.15) is 0 Å². The fourth-order valence-corrected chi connectivity index (χ4v) is 0.791. The quantitative estimate of drug-likeness (QED) is 0.539. The Balaban J connectivity index is 3.66. The first-order valence-corrected chi connectivity index (χ1v) is 3.67. The summed E-state index contributed by atoms with van der Waals surface area (Å²) in [5.41, 5.74) is 1.36. The average Bonchev–Trinajstić information content (AvgIpc) is 1.88. The predicted octanol–water partition coefficient (Wildman–Crippen LogP) is 2.07. The molecule has 0 saturated carbocycles. The van der Waals surface area contributed by atoms with E-state index in [0.29, 0.717) is 0 Å². The Kier molecular flexibility index (Phi) is 4.95. The minimum atomic E-state index is 1.04. The Hall–Kier alpha value is -0.560. The first-order chi connectivity index (χ1) is 4.70. The van der Waals surface area contributed by atoms with Crippen LogP contribution < -0.4 is 0 Å². The van der Waals surface area contributed by atoms with Crippen molar-refractivity contribution in [2.45, 2.75) is 13.8 Å². The van der Waals surface area contributed by atoms with Crippen molar-refractivity contribution in [1.29, 1.82) is 0 Å². The van der Waals surface area contributed by atoms with Crippen LogP contribution in [0.3, 0.4) is 0 Å². The van der Waals surface area contributed by atoms with Gasteiger partial charge in [0, 0.05) is 6.54 Å². The van der Waals surface area contributed by atoms with Crippen LogP contribution in [-0.4, -0.2) is 25.0 Å². The minimum absolute atomic E-state index is 1.04. The van der Waals surface area contributed by atoms with E-state index in [-0.39, 0.29) is 0 Å². The van der Waals surface area contributed by atoms with Crippen LogP contribution in [0.25, 0.3) is 0 Å². The molecule has 0 spiro atoms. The summed E-state index contributed by atoms with van der Waals surface area (Å²) in [5.74, 6) is 0. The maximum atomic E-state index is 3.64. The van der Waals surface area contributed by atoms with Crippen molar-refractivity contribution in [3.8, 4) is 0 Å².